The third-order valence-electron chi connectivity index (χ3n) is 2.50. The number of aromatic nitrogens is 3. The van der Waals surface area contributed by atoms with Crippen LogP contribution in [0, 0.1) is 6.92 Å². The minimum Gasteiger partial charge on any atom is -0.348 e. The van der Waals surface area contributed by atoms with Crippen LogP contribution in [0.1, 0.15) is 21.7 Å². The molecular weight excluding hydrogens is 226 g/mol. The molecule has 0 saturated carbocycles. The van der Waals surface area contributed by atoms with Crippen molar-refractivity contribution >= 4 is 17.9 Å². The van der Waals surface area contributed by atoms with E-state index in [9.17, 15) is 4.79 Å². The van der Waals surface area contributed by atoms with Gasteiger partial charge in [0.25, 0.3) is 0 Å². The van der Waals surface area contributed by atoms with Gasteiger partial charge >= 0.3 is 0 Å². The van der Waals surface area contributed by atoms with Crippen LogP contribution in [-0.2, 0) is 13.6 Å². The highest BCUT2D eigenvalue weighted by Gasteiger charge is 2.11. The summed E-state index contributed by atoms with van der Waals surface area (Å²) in [5, 5.41) is 4.92. The van der Waals surface area contributed by atoms with Gasteiger partial charge in [0.15, 0.2) is 6.29 Å². The van der Waals surface area contributed by atoms with Gasteiger partial charge in [-0.05, 0) is 13.0 Å². The fraction of sp³-hybridized carbons (Fsp3) is 0.273. The molecule has 0 amide bonds. The van der Waals surface area contributed by atoms with Crippen LogP contribution in [0.5, 0.6) is 0 Å². The maximum absolute atomic E-state index is 10.6. The Morgan fingerprint density at radius 3 is 2.81 bits per heavy atom. The maximum Gasteiger partial charge on any atom is 0.151 e. The summed E-state index contributed by atoms with van der Waals surface area (Å²) in [5.41, 5.74) is 2.42. The molecule has 2 heterocycles. The highest BCUT2D eigenvalue weighted by Crippen LogP contribution is 2.20. The van der Waals surface area contributed by atoms with Gasteiger partial charge in [0, 0.05) is 25.0 Å². The first-order chi connectivity index (χ1) is 7.61. The third kappa shape index (κ3) is 1.88. The van der Waals surface area contributed by atoms with Gasteiger partial charge < -0.3 is 4.57 Å². The number of aryl methyl sites for hydroxylation is 2. The number of halogens is 1. The van der Waals surface area contributed by atoms with E-state index in [0.29, 0.717) is 17.1 Å². The van der Waals surface area contributed by atoms with E-state index in [4.69, 9.17) is 11.6 Å². The van der Waals surface area contributed by atoms with Crippen molar-refractivity contribution < 1.29 is 4.79 Å². The number of nitrogens with zero attached hydrogens (tertiary/aromatic N) is 3. The molecule has 0 radical (unpaired) electrons. The molecule has 0 aliphatic rings. The lowest BCUT2D eigenvalue weighted by molar-refractivity contribution is 0.112. The number of aldehydes is 1. The highest BCUT2D eigenvalue weighted by molar-refractivity contribution is 6.31. The largest absolute Gasteiger partial charge is 0.348 e. The molecule has 0 aromatic carbocycles. The smallest absolute Gasteiger partial charge is 0.151 e. The minimum absolute atomic E-state index is 0.615. The minimum atomic E-state index is 0.615. The highest BCUT2D eigenvalue weighted by atomic mass is 35.5. The Labute approximate surface area is 98.4 Å². The van der Waals surface area contributed by atoms with Gasteiger partial charge in [0.05, 0.1) is 23.0 Å². The fourth-order valence-corrected chi connectivity index (χ4v) is 1.87. The van der Waals surface area contributed by atoms with Crippen LogP contribution >= 0.6 is 11.6 Å². The second-order valence-electron chi connectivity index (χ2n) is 3.70. The summed E-state index contributed by atoms with van der Waals surface area (Å²) in [6.45, 7) is 2.49. The van der Waals surface area contributed by atoms with Gasteiger partial charge in [-0.1, -0.05) is 11.6 Å². The van der Waals surface area contributed by atoms with Gasteiger partial charge in [-0.15, -0.1) is 0 Å². The summed E-state index contributed by atoms with van der Waals surface area (Å²) >= 11 is 6.14. The third-order valence-corrected chi connectivity index (χ3v) is 3.00. The molecule has 0 unspecified atom stereocenters. The number of carbonyl (C=O) groups is 1. The van der Waals surface area contributed by atoms with Crippen LogP contribution in [0.4, 0.5) is 0 Å². The molecule has 2 aromatic heterocycles. The lowest BCUT2D eigenvalue weighted by Gasteiger charge is -2.03. The molecule has 4 nitrogen and oxygen atoms in total. The number of hydrogen-bond acceptors (Lipinski definition) is 2. The molecule has 0 fully saturated rings. The first kappa shape index (κ1) is 11.0. The first-order valence-corrected chi connectivity index (χ1v) is 5.28. The SMILES string of the molecule is Cc1nn(C)c(Cn2ccc(C=O)c2)c1Cl. The van der Waals surface area contributed by atoms with Crippen molar-refractivity contribution in [2.75, 3.05) is 0 Å². The number of carbonyl (C=O) groups excluding carboxylic acids is 1. The van der Waals surface area contributed by atoms with Crippen LogP contribution in [-0.4, -0.2) is 20.6 Å². The van der Waals surface area contributed by atoms with E-state index < -0.39 is 0 Å². The molecule has 84 valence electrons. The van der Waals surface area contributed by atoms with Gasteiger partial charge in [-0.3, -0.25) is 9.48 Å². The summed E-state index contributed by atoms with van der Waals surface area (Å²) in [5.74, 6) is 0. The Morgan fingerprint density at radius 1 is 1.56 bits per heavy atom. The van der Waals surface area contributed by atoms with Crippen molar-refractivity contribution in [3.8, 4) is 0 Å². The van der Waals surface area contributed by atoms with Crippen LogP contribution in [0.3, 0.4) is 0 Å². The number of rotatable bonds is 3. The van der Waals surface area contributed by atoms with E-state index in [2.05, 4.69) is 5.10 Å². The zero-order chi connectivity index (χ0) is 11.7. The average Bonchev–Trinajstić information content (AvgIpc) is 2.80. The van der Waals surface area contributed by atoms with Crippen molar-refractivity contribution in [2.45, 2.75) is 13.5 Å². The zero-order valence-corrected chi connectivity index (χ0v) is 9.90. The van der Waals surface area contributed by atoms with E-state index in [1.54, 1.807) is 16.9 Å². The molecule has 0 bridgehead atoms. The quantitative estimate of drug-likeness (QED) is 0.767. The van der Waals surface area contributed by atoms with Crippen LogP contribution in [0.25, 0.3) is 0 Å². The van der Waals surface area contributed by atoms with E-state index in [1.165, 1.54) is 0 Å². The molecule has 5 heteroatoms. The van der Waals surface area contributed by atoms with E-state index in [1.807, 2.05) is 24.7 Å². The topological polar surface area (TPSA) is 39.8 Å². The lowest BCUT2D eigenvalue weighted by Crippen LogP contribution is -2.04. The second-order valence-corrected chi connectivity index (χ2v) is 4.08. The maximum atomic E-state index is 10.6. The Hall–Kier alpha value is -1.55. The van der Waals surface area contributed by atoms with E-state index in [-0.39, 0.29) is 0 Å². The summed E-state index contributed by atoms with van der Waals surface area (Å²) in [7, 11) is 1.86. The monoisotopic (exact) mass is 237 g/mol. The molecule has 0 saturated heterocycles. The predicted molar refractivity (Wildman–Crippen MR) is 61.9 cm³/mol. The molecule has 2 aromatic rings. The van der Waals surface area contributed by atoms with Gasteiger partial charge in [-0.2, -0.15) is 5.10 Å². The molecule has 0 atom stereocenters. The van der Waals surface area contributed by atoms with Gasteiger partial charge in [-0.25, -0.2) is 0 Å². The normalized spacial score (nSPS) is 10.7. The molecule has 0 spiro atoms. The summed E-state index contributed by atoms with van der Waals surface area (Å²) < 4.78 is 3.67. The molecule has 0 N–H and O–H groups in total. The van der Waals surface area contributed by atoms with E-state index in [0.717, 1.165) is 17.7 Å². The average molecular weight is 238 g/mol. The number of hydrogen-bond donors (Lipinski definition) is 0. The molecular formula is C11H12ClN3O. The Kier molecular flexibility index (Phi) is 2.83. The lowest BCUT2D eigenvalue weighted by atomic mass is 10.3. The zero-order valence-electron chi connectivity index (χ0n) is 9.14. The molecule has 0 aliphatic carbocycles. The first-order valence-electron chi connectivity index (χ1n) is 4.90. The Bertz CT molecular complexity index is 527. The predicted octanol–water partition coefficient (Wildman–Crippen LogP) is 2.04. The summed E-state index contributed by atoms with van der Waals surface area (Å²) in [4.78, 5) is 10.6. The standard InChI is InChI=1S/C11H12ClN3O/c1-8-11(12)10(14(2)13-8)6-15-4-3-9(5-15)7-16/h3-5,7H,6H2,1-2H3. The van der Waals surface area contributed by atoms with Crippen molar-refractivity contribution in [2.24, 2.45) is 7.05 Å². The summed E-state index contributed by atoms with van der Waals surface area (Å²) in [6.07, 6.45) is 4.46. The van der Waals surface area contributed by atoms with Crippen molar-refractivity contribution in [3.05, 3.63) is 40.4 Å². The second kappa shape index (κ2) is 4.14. The van der Waals surface area contributed by atoms with Gasteiger partial charge in [0.2, 0.25) is 0 Å². The molecule has 0 aliphatic heterocycles. The Morgan fingerprint density at radius 2 is 2.31 bits per heavy atom. The van der Waals surface area contributed by atoms with Crippen LogP contribution in [0.15, 0.2) is 18.5 Å². The van der Waals surface area contributed by atoms with Crippen molar-refractivity contribution in [1.29, 1.82) is 0 Å². The summed E-state index contributed by atoms with van der Waals surface area (Å²) in [6, 6.07) is 1.77. The van der Waals surface area contributed by atoms with Crippen molar-refractivity contribution in [1.82, 2.24) is 14.3 Å². The van der Waals surface area contributed by atoms with E-state index >= 15 is 0 Å². The van der Waals surface area contributed by atoms with Crippen LogP contribution in [0.2, 0.25) is 5.02 Å². The fourth-order valence-electron chi connectivity index (χ4n) is 1.65. The Balaban J connectivity index is 2.29. The van der Waals surface area contributed by atoms with Crippen LogP contribution < -0.4 is 0 Å². The van der Waals surface area contributed by atoms with Crippen molar-refractivity contribution in [3.63, 3.8) is 0 Å². The van der Waals surface area contributed by atoms with Gasteiger partial charge in [0.1, 0.15) is 0 Å². The molecule has 16 heavy (non-hydrogen) atoms. The molecule has 2 rings (SSSR count).